The molecule has 2 heterocycles. The standard InChI is InChI=1S/C15H12O2S/c1-9-3-4-14-12(5-9)15(16)13(7-17-14)11-6-10(2)18-8-11/h3-8H,1-2H3. The summed E-state index contributed by atoms with van der Waals surface area (Å²) in [5, 5.41) is 2.64. The summed E-state index contributed by atoms with van der Waals surface area (Å²) in [4.78, 5) is 13.6. The Bertz CT molecular complexity index is 781. The van der Waals surface area contributed by atoms with Crippen molar-refractivity contribution in [1.82, 2.24) is 0 Å². The second-order valence-electron chi connectivity index (χ2n) is 4.42. The third-order valence-electron chi connectivity index (χ3n) is 2.97. The molecule has 0 spiro atoms. The van der Waals surface area contributed by atoms with Gasteiger partial charge in [0.15, 0.2) is 0 Å². The van der Waals surface area contributed by atoms with E-state index in [9.17, 15) is 4.79 Å². The molecule has 0 unspecified atom stereocenters. The monoisotopic (exact) mass is 256 g/mol. The zero-order valence-electron chi connectivity index (χ0n) is 10.2. The number of aryl methyl sites for hydroxylation is 2. The lowest BCUT2D eigenvalue weighted by Crippen LogP contribution is -2.04. The number of rotatable bonds is 1. The van der Waals surface area contributed by atoms with Gasteiger partial charge in [-0.05, 0) is 43.0 Å². The van der Waals surface area contributed by atoms with Gasteiger partial charge in [-0.15, -0.1) is 11.3 Å². The van der Waals surface area contributed by atoms with Gasteiger partial charge in [-0.2, -0.15) is 0 Å². The van der Waals surface area contributed by atoms with Crippen molar-refractivity contribution in [2.45, 2.75) is 13.8 Å². The molecule has 0 atom stereocenters. The highest BCUT2D eigenvalue weighted by Gasteiger charge is 2.10. The van der Waals surface area contributed by atoms with Gasteiger partial charge >= 0.3 is 0 Å². The van der Waals surface area contributed by atoms with Crippen LogP contribution in [0.4, 0.5) is 0 Å². The Hall–Kier alpha value is -1.87. The van der Waals surface area contributed by atoms with E-state index >= 15 is 0 Å². The van der Waals surface area contributed by atoms with Gasteiger partial charge in [0.05, 0.1) is 10.9 Å². The largest absolute Gasteiger partial charge is 0.463 e. The molecule has 2 nitrogen and oxygen atoms in total. The molecular formula is C15H12O2S. The van der Waals surface area contributed by atoms with Crippen molar-refractivity contribution in [3.05, 3.63) is 56.6 Å². The first-order chi connectivity index (χ1) is 8.65. The van der Waals surface area contributed by atoms with Gasteiger partial charge in [-0.25, -0.2) is 0 Å². The van der Waals surface area contributed by atoms with E-state index in [-0.39, 0.29) is 5.43 Å². The molecule has 3 rings (SSSR count). The molecule has 3 heteroatoms. The fourth-order valence-corrected chi connectivity index (χ4v) is 2.73. The summed E-state index contributed by atoms with van der Waals surface area (Å²) in [7, 11) is 0. The molecule has 0 radical (unpaired) electrons. The molecule has 0 saturated heterocycles. The van der Waals surface area contributed by atoms with Crippen LogP contribution < -0.4 is 5.43 Å². The van der Waals surface area contributed by atoms with Crippen LogP contribution in [-0.4, -0.2) is 0 Å². The van der Waals surface area contributed by atoms with Gasteiger partial charge in [0.25, 0.3) is 0 Å². The van der Waals surface area contributed by atoms with Crippen LogP contribution >= 0.6 is 11.3 Å². The van der Waals surface area contributed by atoms with Gasteiger partial charge in [0.1, 0.15) is 11.8 Å². The Balaban J connectivity index is 2.32. The summed E-state index contributed by atoms with van der Waals surface area (Å²) >= 11 is 1.64. The fourth-order valence-electron chi connectivity index (χ4n) is 2.03. The molecule has 0 N–H and O–H groups in total. The molecular weight excluding hydrogens is 244 g/mol. The Morgan fingerprint density at radius 1 is 1.17 bits per heavy atom. The van der Waals surface area contributed by atoms with E-state index < -0.39 is 0 Å². The Kier molecular flexibility index (Phi) is 2.56. The summed E-state index contributed by atoms with van der Waals surface area (Å²) in [6, 6.07) is 7.68. The van der Waals surface area contributed by atoms with Crippen molar-refractivity contribution in [2.24, 2.45) is 0 Å². The van der Waals surface area contributed by atoms with Crippen molar-refractivity contribution in [2.75, 3.05) is 0 Å². The van der Waals surface area contributed by atoms with Crippen LogP contribution in [0, 0.1) is 13.8 Å². The maximum absolute atomic E-state index is 12.4. The van der Waals surface area contributed by atoms with Gasteiger partial charge < -0.3 is 4.42 Å². The highest BCUT2D eigenvalue weighted by Crippen LogP contribution is 2.24. The smallest absolute Gasteiger partial charge is 0.200 e. The average molecular weight is 256 g/mol. The minimum absolute atomic E-state index is 0.0396. The van der Waals surface area contributed by atoms with Crippen molar-refractivity contribution in [1.29, 1.82) is 0 Å². The third kappa shape index (κ3) is 1.77. The molecule has 0 aliphatic rings. The Labute approximate surface area is 109 Å². The molecule has 0 amide bonds. The lowest BCUT2D eigenvalue weighted by Gasteiger charge is -2.01. The van der Waals surface area contributed by atoms with Crippen molar-refractivity contribution >= 4 is 22.3 Å². The molecule has 1 aromatic carbocycles. The second kappa shape index (κ2) is 4.10. The molecule has 0 aliphatic heterocycles. The number of benzene rings is 1. The minimum atomic E-state index is 0.0396. The molecule has 0 saturated carbocycles. The predicted molar refractivity (Wildman–Crippen MR) is 75.3 cm³/mol. The van der Waals surface area contributed by atoms with E-state index in [0.29, 0.717) is 16.5 Å². The first kappa shape index (κ1) is 11.2. The van der Waals surface area contributed by atoms with E-state index in [2.05, 4.69) is 0 Å². The summed E-state index contributed by atoms with van der Waals surface area (Å²) in [6.45, 7) is 4.00. The Morgan fingerprint density at radius 2 is 2.00 bits per heavy atom. The van der Waals surface area contributed by atoms with Crippen LogP contribution in [0.5, 0.6) is 0 Å². The van der Waals surface area contributed by atoms with Crippen LogP contribution in [0.25, 0.3) is 22.1 Å². The molecule has 90 valence electrons. The average Bonchev–Trinajstić information content (AvgIpc) is 2.77. The van der Waals surface area contributed by atoms with Crippen molar-refractivity contribution in [3.63, 3.8) is 0 Å². The van der Waals surface area contributed by atoms with E-state index in [1.165, 1.54) is 4.88 Å². The van der Waals surface area contributed by atoms with E-state index in [0.717, 1.165) is 11.1 Å². The van der Waals surface area contributed by atoms with E-state index in [4.69, 9.17) is 4.42 Å². The van der Waals surface area contributed by atoms with Crippen LogP contribution in [0.2, 0.25) is 0 Å². The van der Waals surface area contributed by atoms with Gasteiger partial charge in [-0.3, -0.25) is 4.79 Å². The third-order valence-corrected chi connectivity index (χ3v) is 3.83. The topological polar surface area (TPSA) is 30.2 Å². The van der Waals surface area contributed by atoms with Crippen molar-refractivity contribution in [3.8, 4) is 11.1 Å². The molecule has 18 heavy (non-hydrogen) atoms. The molecule has 3 aromatic rings. The van der Waals surface area contributed by atoms with Gasteiger partial charge in [0.2, 0.25) is 5.43 Å². The first-order valence-corrected chi connectivity index (χ1v) is 6.61. The normalized spacial score (nSPS) is 11.0. The highest BCUT2D eigenvalue weighted by molar-refractivity contribution is 7.10. The quantitative estimate of drug-likeness (QED) is 0.655. The maximum atomic E-state index is 12.4. The summed E-state index contributed by atoms with van der Waals surface area (Å²) < 4.78 is 5.55. The van der Waals surface area contributed by atoms with Gasteiger partial charge in [-0.1, -0.05) is 11.6 Å². The maximum Gasteiger partial charge on any atom is 0.200 e. The van der Waals surface area contributed by atoms with Gasteiger partial charge in [0, 0.05) is 4.88 Å². The number of hydrogen-bond donors (Lipinski definition) is 0. The number of hydrogen-bond acceptors (Lipinski definition) is 3. The van der Waals surface area contributed by atoms with Crippen LogP contribution in [0.15, 0.2) is 45.1 Å². The molecule has 0 bridgehead atoms. The minimum Gasteiger partial charge on any atom is -0.463 e. The summed E-state index contributed by atoms with van der Waals surface area (Å²) in [5.74, 6) is 0. The van der Waals surface area contributed by atoms with Crippen molar-refractivity contribution < 1.29 is 4.42 Å². The lowest BCUT2D eigenvalue weighted by atomic mass is 10.1. The first-order valence-electron chi connectivity index (χ1n) is 5.73. The van der Waals surface area contributed by atoms with E-state index in [1.54, 1.807) is 17.6 Å². The zero-order chi connectivity index (χ0) is 12.7. The fraction of sp³-hybridized carbons (Fsp3) is 0.133. The summed E-state index contributed by atoms with van der Waals surface area (Å²) in [5.41, 5.74) is 3.32. The van der Waals surface area contributed by atoms with Crippen LogP contribution in [0.3, 0.4) is 0 Å². The highest BCUT2D eigenvalue weighted by atomic mass is 32.1. The zero-order valence-corrected chi connectivity index (χ0v) is 11.0. The van der Waals surface area contributed by atoms with Crippen LogP contribution in [-0.2, 0) is 0 Å². The predicted octanol–water partition coefficient (Wildman–Crippen LogP) is 4.14. The molecule has 0 fully saturated rings. The van der Waals surface area contributed by atoms with E-state index in [1.807, 2.05) is 43.5 Å². The number of fused-ring (bicyclic) bond motifs is 1. The Morgan fingerprint density at radius 3 is 2.72 bits per heavy atom. The summed E-state index contributed by atoms with van der Waals surface area (Å²) in [6.07, 6.45) is 1.56. The molecule has 0 aliphatic carbocycles. The second-order valence-corrected chi connectivity index (χ2v) is 5.54. The SMILES string of the molecule is Cc1ccc2occ(-c3csc(C)c3)c(=O)c2c1. The molecule has 2 aromatic heterocycles. The lowest BCUT2D eigenvalue weighted by molar-refractivity contribution is 0.604. The van der Waals surface area contributed by atoms with Crippen LogP contribution in [0.1, 0.15) is 10.4 Å². The number of thiophene rings is 1.